The summed E-state index contributed by atoms with van der Waals surface area (Å²) in [5.41, 5.74) is 0.741. The lowest BCUT2D eigenvalue weighted by Crippen LogP contribution is -2.36. The number of para-hydroxylation sites is 1. The molecule has 3 aromatic heterocycles. The van der Waals surface area contributed by atoms with Gasteiger partial charge in [0.15, 0.2) is 0 Å². The fourth-order valence-electron chi connectivity index (χ4n) is 4.28. The average molecular weight is 511 g/mol. The molecule has 0 saturated carbocycles. The van der Waals surface area contributed by atoms with Crippen molar-refractivity contribution in [2.75, 3.05) is 7.11 Å². The highest BCUT2D eigenvalue weighted by atomic mass is 32.1. The van der Waals surface area contributed by atoms with E-state index in [1.807, 2.05) is 45.0 Å². The monoisotopic (exact) mass is 510 g/mol. The van der Waals surface area contributed by atoms with Gasteiger partial charge in [0.2, 0.25) is 5.89 Å². The molecule has 8 nitrogen and oxygen atoms in total. The standard InChI is InChI=1S/C27H30N2O6S/c1-15(2)35-21(18-9-7-8-10-20(18)33-6)14-17-13-19(27(4,5)26(31)32)24(30)29-16(3)22(36-25(17)29)23-28-11-12-34-23/h7-13,15,21H,14H2,1-6H3,(H,31,32)/t21-/m0/s1. The number of carbonyl (C=O) groups is 1. The van der Waals surface area contributed by atoms with Gasteiger partial charge in [0.25, 0.3) is 5.56 Å². The third-order valence-corrected chi connectivity index (χ3v) is 7.57. The Morgan fingerprint density at radius 1 is 1.28 bits per heavy atom. The summed E-state index contributed by atoms with van der Waals surface area (Å²) in [4.78, 5) is 31.5. The van der Waals surface area contributed by atoms with Crippen LogP contribution in [0, 0.1) is 6.92 Å². The van der Waals surface area contributed by atoms with E-state index in [9.17, 15) is 14.7 Å². The molecule has 3 heterocycles. The van der Waals surface area contributed by atoms with E-state index in [-0.39, 0.29) is 17.2 Å². The van der Waals surface area contributed by atoms with Gasteiger partial charge in [-0.1, -0.05) is 18.2 Å². The van der Waals surface area contributed by atoms with Gasteiger partial charge in [0.05, 0.1) is 30.9 Å². The minimum Gasteiger partial charge on any atom is -0.496 e. The molecule has 0 fully saturated rings. The maximum absolute atomic E-state index is 13.7. The Balaban J connectivity index is 1.99. The maximum atomic E-state index is 13.7. The summed E-state index contributed by atoms with van der Waals surface area (Å²) < 4.78 is 19.0. The van der Waals surface area contributed by atoms with Crippen molar-refractivity contribution in [1.82, 2.24) is 9.38 Å². The third kappa shape index (κ3) is 4.56. The van der Waals surface area contributed by atoms with Gasteiger partial charge < -0.3 is 19.0 Å². The van der Waals surface area contributed by atoms with E-state index in [2.05, 4.69) is 4.98 Å². The van der Waals surface area contributed by atoms with Gasteiger partial charge >= 0.3 is 5.97 Å². The second-order valence-corrected chi connectivity index (χ2v) is 10.4. The number of fused-ring (bicyclic) bond motifs is 1. The molecule has 0 aliphatic carbocycles. The summed E-state index contributed by atoms with van der Waals surface area (Å²) in [6, 6.07) is 9.37. The summed E-state index contributed by atoms with van der Waals surface area (Å²) in [6.45, 7) is 8.82. The SMILES string of the molecule is COc1ccccc1[C@H](Cc1cc(C(C)(C)C(=O)O)c(=O)n2c(C)c(-c3ncco3)sc12)OC(C)C. The lowest BCUT2D eigenvalue weighted by molar-refractivity contribution is -0.142. The Bertz CT molecular complexity index is 1450. The third-order valence-electron chi connectivity index (χ3n) is 6.25. The molecule has 0 amide bonds. The van der Waals surface area contributed by atoms with E-state index >= 15 is 0 Å². The minimum absolute atomic E-state index is 0.0790. The van der Waals surface area contributed by atoms with Crippen molar-refractivity contribution >= 4 is 22.1 Å². The highest BCUT2D eigenvalue weighted by Crippen LogP contribution is 2.38. The van der Waals surface area contributed by atoms with Crippen LogP contribution < -0.4 is 10.3 Å². The van der Waals surface area contributed by atoms with Gasteiger partial charge in [-0.3, -0.25) is 14.0 Å². The summed E-state index contributed by atoms with van der Waals surface area (Å²) in [5, 5.41) is 9.94. The minimum atomic E-state index is -1.40. The molecule has 0 bridgehead atoms. The first-order valence-corrected chi connectivity index (χ1v) is 12.5. The first-order valence-electron chi connectivity index (χ1n) is 11.7. The number of thiazole rings is 1. The molecule has 0 aliphatic rings. The van der Waals surface area contributed by atoms with Crippen LogP contribution in [-0.4, -0.2) is 33.7 Å². The predicted octanol–water partition coefficient (Wildman–Crippen LogP) is 5.40. The normalized spacial score (nSPS) is 12.9. The number of rotatable bonds is 9. The number of nitrogens with zero attached hydrogens (tertiary/aromatic N) is 2. The van der Waals surface area contributed by atoms with Crippen LogP contribution in [0.5, 0.6) is 5.75 Å². The number of oxazole rings is 1. The predicted molar refractivity (Wildman–Crippen MR) is 138 cm³/mol. The molecular weight excluding hydrogens is 480 g/mol. The number of benzene rings is 1. The van der Waals surface area contributed by atoms with Crippen LogP contribution in [0.25, 0.3) is 15.6 Å². The highest BCUT2D eigenvalue weighted by molar-refractivity contribution is 7.21. The zero-order valence-electron chi connectivity index (χ0n) is 21.2. The smallest absolute Gasteiger partial charge is 0.313 e. The number of ether oxygens (including phenoxy) is 2. The molecule has 1 aromatic carbocycles. The van der Waals surface area contributed by atoms with Gasteiger partial charge in [-0.25, -0.2) is 4.98 Å². The zero-order valence-corrected chi connectivity index (χ0v) is 22.0. The van der Waals surface area contributed by atoms with E-state index in [4.69, 9.17) is 13.9 Å². The van der Waals surface area contributed by atoms with Crippen LogP contribution in [0.1, 0.15) is 56.2 Å². The van der Waals surface area contributed by atoms with E-state index in [0.717, 1.165) is 11.1 Å². The van der Waals surface area contributed by atoms with E-state index in [1.54, 1.807) is 37.6 Å². The van der Waals surface area contributed by atoms with Crippen LogP contribution in [0.2, 0.25) is 0 Å². The van der Waals surface area contributed by atoms with Crippen LogP contribution in [-0.2, 0) is 21.4 Å². The number of pyridine rings is 1. The largest absolute Gasteiger partial charge is 0.496 e. The molecule has 0 radical (unpaired) electrons. The second-order valence-electron chi connectivity index (χ2n) is 9.43. The van der Waals surface area contributed by atoms with Crippen LogP contribution in [0.4, 0.5) is 0 Å². The Morgan fingerprint density at radius 2 is 2.00 bits per heavy atom. The zero-order chi connectivity index (χ0) is 26.2. The van der Waals surface area contributed by atoms with Crippen molar-refractivity contribution in [3.05, 3.63) is 75.5 Å². The summed E-state index contributed by atoms with van der Waals surface area (Å²) >= 11 is 1.39. The van der Waals surface area contributed by atoms with Crippen LogP contribution >= 0.6 is 11.3 Å². The van der Waals surface area contributed by atoms with Gasteiger partial charge in [-0.05, 0) is 52.3 Å². The molecule has 0 unspecified atom stereocenters. The van der Waals surface area contributed by atoms with Crippen molar-refractivity contribution in [3.63, 3.8) is 0 Å². The molecule has 0 aliphatic heterocycles. The fraction of sp³-hybridized carbons (Fsp3) is 0.370. The summed E-state index contributed by atoms with van der Waals surface area (Å²) in [7, 11) is 1.62. The van der Waals surface area contributed by atoms with Crippen molar-refractivity contribution in [2.45, 2.75) is 58.7 Å². The molecule has 0 spiro atoms. The fourth-order valence-corrected chi connectivity index (χ4v) is 5.48. The van der Waals surface area contributed by atoms with Crippen molar-refractivity contribution in [1.29, 1.82) is 0 Å². The Kier molecular flexibility index (Phi) is 7.06. The molecule has 1 N–H and O–H groups in total. The van der Waals surface area contributed by atoms with E-state index < -0.39 is 17.5 Å². The molecule has 36 heavy (non-hydrogen) atoms. The van der Waals surface area contributed by atoms with E-state index in [0.29, 0.717) is 33.5 Å². The highest BCUT2D eigenvalue weighted by Gasteiger charge is 2.35. The van der Waals surface area contributed by atoms with Crippen molar-refractivity contribution in [3.8, 4) is 16.5 Å². The van der Waals surface area contributed by atoms with Crippen LogP contribution in [0.3, 0.4) is 0 Å². The number of aryl methyl sites for hydroxylation is 1. The summed E-state index contributed by atoms with van der Waals surface area (Å²) in [5.74, 6) is 0.0257. The van der Waals surface area contributed by atoms with Gasteiger partial charge in [0, 0.05) is 23.2 Å². The topological polar surface area (TPSA) is 103 Å². The van der Waals surface area contributed by atoms with Gasteiger partial charge in [-0.2, -0.15) is 0 Å². The van der Waals surface area contributed by atoms with Crippen LogP contribution in [0.15, 0.2) is 52.0 Å². The van der Waals surface area contributed by atoms with Gasteiger partial charge in [-0.15, -0.1) is 11.3 Å². The Hall–Kier alpha value is -3.43. The molecule has 4 aromatic rings. The lowest BCUT2D eigenvalue weighted by atomic mass is 9.84. The number of hydrogen-bond donors (Lipinski definition) is 1. The number of carboxylic acids is 1. The molecule has 0 saturated heterocycles. The molecule has 190 valence electrons. The Morgan fingerprint density at radius 3 is 2.61 bits per heavy atom. The number of aromatic nitrogens is 2. The molecular formula is C27H30N2O6S. The second kappa shape index (κ2) is 9.91. The first kappa shape index (κ1) is 25.7. The van der Waals surface area contributed by atoms with Gasteiger partial charge in [0.1, 0.15) is 21.7 Å². The lowest BCUT2D eigenvalue weighted by Gasteiger charge is -2.25. The first-order chi connectivity index (χ1) is 17.1. The number of hydrogen-bond acceptors (Lipinski definition) is 7. The molecule has 1 atom stereocenters. The van der Waals surface area contributed by atoms with E-state index in [1.165, 1.54) is 17.6 Å². The van der Waals surface area contributed by atoms with Crippen molar-refractivity contribution < 1.29 is 23.8 Å². The van der Waals surface area contributed by atoms with Crippen molar-refractivity contribution in [2.24, 2.45) is 0 Å². The molecule has 9 heteroatoms. The quantitative estimate of drug-likeness (QED) is 0.321. The summed E-state index contributed by atoms with van der Waals surface area (Å²) in [6.07, 6.45) is 2.96. The number of carboxylic acid groups (broad SMARTS) is 1. The number of aliphatic carboxylic acids is 1. The Labute approximate surface area is 213 Å². The average Bonchev–Trinajstić information content (AvgIpc) is 3.48. The molecule has 4 rings (SSSR count). The maximum Gasteiger partial charge on any atom is 0.313 e. The number of methoxy groups -OCH3 is 1.